The SMILES string of the molecule is O=C(C1CCC(=O)N1Cc1ccc2c(c1)OCO2)N1CCN(Cc2ccc(F)cc2)CC1. The average molecular weight is 439 g/mol. The van der Waals surface area contributed by atoms with Crippen LogP contribution < -0.4 is 9.47 Å². The number of fused-ring (bicyclic) bond motifs is 1. The number of benzene rings is 2. The van der Waals surface area contributed by atoms with Crippen molar-refractivity contribution in [3.63, 3.8) is 0 Å². The quantitative estimate of drug-likeness (QED) is 0.716. The third kappa shape index (κ3) is 4.27. The van der Waals surface area contributed by atoms with Gasteiger partial charge in [-0.3, -0.25) is 14.5 Å². The number of likely N-dealkylation sites (tertiary alicyclic amines) is 1. The first kappa shape index (κ1) is 20.8. The van der Waals surface area contributed by atoms with Gasteiger partial charge in [0.25, 0.3) is 0 Å². The smallest absolute Gasteiger partial charge is 0.245 e. The third-order valence-electron chi connectivity index (χ3n) is 6.41. The van der Waals surface area contributed by atoms with E-state index in [2.05, 4.69) is 4.90 Å². The summed E-state index contributed by atoms with van der Waals surface area (Å²) >= 11 is 0. The minimum Gasteiger partial charge on any atom is -0.454 e. The molecule has 3 aliphatic rings. The summed E-state index contributed by atoms with van der Waals surface area (Å²) in [4.78, 5) is 31.7. The molecule has 0 radical (unpaired) electrons. The number of rotatable bonds is 5. The molecule has 1 unspecified atom stereocenters. The number of carbonyl (C=O) groups is 2. The molecule has 8 heteroatoms. The van der Waals surface area contributed by atoms with Crippen molar-refractivity contribution in [2.75, 3.05) is 33.0 Å². The Hall–Kier alpha value is -3.13. The second-order valence-corrected chi connectivity index (χ2v) is 8.49. The molecule has 3 aliphatic heterocycles. The van der Waals surface area contributed by atoms with E-state index in [0.717, 1.165) is 30.8 Å². The lowest BCUT2D eigenvalue weighted by Crippen LogP contribution is -2.53. The molecule has 7 nitrogen and oxygen atoms in total. The van der Waals surface area contributed by atoms with Gasteiger partial charge >= 0.3 is 0 Å². The van der Waals surface area contributed by atoms with E-state index in [1.165, 1.54) is 12.1 Å². The molecule has 0 aromatic heterocycles. The Morgan fingerprint density at radius 3 is 2.44 bits per heavy atom. The van der Waals surface area contributed by atoms with Gasteiger partial charge in [-0.2, -0.15) is 0 Å². The predicted octanol–water partition coefficient (Wildman–Crippen LogP) is 2.39. The summed E-state index contributed by atoms with van der Waals surface area (Å²) in [5.41, 5.74) is 1.98. The van der Waals surface area contributed by atoms with Crippen molar-refractivity contribution in [1.82, 2.24) is 14.7 Å². The maximum Gasteiger partial charge on any atom is 0.245 e. The van der Waals surface area contributed by atoms with Crippen LogP contribution >= 0.6 is 0 Å². The van der Waals surface area contributed by atoms with Crippen molar-refractivity contribution < 1.29 is 23.5 Å². The Labute approximate surface area is 186 Å². The monoisotopic (exact) mass is 439 g/mol. The molecule has 1 atom stereocenters. The number of hydrogen-bond acceptors (Lipinski definition) is 5. The second-order valence-electron chi connectivity index (χ2n) is 8.49. The summed E-state index contributed by atoms with van der Waals surface area (Å²) in [5, 5.41) is 0. The zero-order valence-electron chi connectivity index (χ0n) is 17.8. The summed E-state index contributed by atoms with van der Waals surface area (Å²) in [6, 6.07) is 11.8. The number of hydrogen-bond donors (Lipinski definition) is 0. The second kappa shape index (κ2) is 8.78. The van der Waals surface area contributed by atoms with Crippen LogP contribution in [0.1, 0.15) is 24.0 Å². The Morgan fingerprint density at radius 1 is 0.938 bits per heavy atom. The molecular formula is C24H26FN3O4. The normalized spacial score (nSPS) is 20.8. The van der Waals surface area contributed by atoms with E-state index in [-0.39, 0.29) is 24.4 Å². The van der Waals surface area contributed by atoms with Crippen molar-refractivity contribution in [3.05, 3.63) is 59.4 Å². The Bertz CT molecular complexity index is 1000. The van der Waals surface area contributed by atoms with E-state index in [4.69, 9.17) is 9.47 Å². The van der Waals surface area contributed by atoms with Gasteiger partial charge in [0.15, 0.2) is 11.5 Å². The molecule has 0 bridgehead atoms. The third-order valence-corrected chi connectivity index (χ3v) is 6.41. The molecule has 168 valence electrons. The number of halogens is 1. The van der Waals surface area contributed by atoms with Gasteiger partial charge in [0.2, 0.25) is 18.6 Å². The lowest BCUT2D eigenvalue weighted by Gasteiger charge is -2.37. The maximum atomic E-state index is 13.3. The summed E-state index contributed by atoms with van der Waals surface area (Å²) in [6.45, 7) is 4.09. The summed E-state index contributed by atoms with van der Waals surface area (Å²) in [5.74, 6) is 1.18. The molecule has 2 aromatic carbocycles. The van der Waals surface area contributed by atoms with Gasteiger partial charge in [-0.15, -0.1) is 0 Å². The maximum absolute atomic E-state index is 13.3. The highest BCUT2D eigenvalue weighted by Gasteiger charge is 2.39. The molecule has 2 fully saturated rings. The Balaban J connectivity index is 1.19. The van der Waals surface area contributed by atoms with Crippen LogP contribution in [0.15, 0.2) is 42.5 Å². The van der Waals surface area contributed by atoms with Crippen molar-refractivity contribution in [2.24, 2.45) is 0 Å². The first-order valence-electron chi connectivity index (χ1n) is 11.0. The fraction of sp³-hybridized carbons (Fsp3) is 0.417. The highest BCUT2D eigenvalue weighted by atomic mass is 19.1. The lowest BCUT2D eigenvalue weighted by atomic mass is 10.1. The molecule has 2 aromatic rings. The van der Waals surface area contributed by atoms with Crippen LogP contribution in [0.25, 0.3) is 0 Å². The topological polar surface area (TPSA) is 62.3 Å². The van der Waals surface area contributed by atoms with E-state index in [1.807, 2.05) is 23.1 Å². The minimum atomic E-state index is -0.420. The fourth-order valence-corrected chi connectivity index (χ4v) is 4.61. The number of piperazine rings is 1. The van der Waals surface area contributed by atoms with Crippen molar-refractivity contribution in [2.45, 2.75) is 32.0 Å². The molecule has 0 spiro atoms. The van der Waals surface area contributed by atoms with Crippen LogP contribution in [0.2, 0.25) is 0 Å². The number of ether oxygens (including phenoxy) is 2. The van der Waals surface area contributed by atoms with Gasteiger partial charge in [-0.1, -0.05) is 18.2 Å². The largest absolute Gasteiger partial charge is 0.454 e. The number of nitrogens with zero attached hydrogens (tertiary/aromatic N) is 3. The molecule has 2 saturated heterocycles. The van der Waals surface area contributed by atoms with Gasteiger partial charge < -0.3 is 19.3 Å². The standard InChI is InChI=1S/C24H26FN3O4/c25-19-4-1-17(2-5-19)14-26-9-11-27(12-10-26)24(30)20-6-8-23(29)28(20)15-18-3-7-21-22(13-18)32-16-31-21/h1-5,7,13,20H,6,8-12,14-16H2. The van der Waals surface area contributed by atoms with E-state index < -0.39 is 6.04 Å². The van der Waals surface area contributed by atoms with Crippen LogP contribution in [0.3, 0.4) is 0 Å². The zero-order valence-corrected chi connectivity index (χ0v) is 17.8. The lowest BCUT2D eigenvalue weighted by molar-refractivity contribution is -0.143. The zero-order chi connectivity index (χ0) is 22.1. The van der Waals surface area contributed by atoms with Crippen LogP contribution in [-0.4, -0.2) is 65.5 Å². The molecule has 0 N–H and O–H groups in total. The summed E-state index contributed by atoms with van der Waals surface area (Å²) in [6.07, 6.45) is 0.948. The van der Waals surface area contributed by atoms with Crippen molar-refractivity contribution in [3.8, 4) is 11.5 Å². The van der Waals surface area contributed by atoms with Crippen molar-refractivity contribution >= 4 is 11.8 Å². The number of carbonyl (C=O) groups excluding carboxylic acids is 2. The first-order valence-corrected chi connectivity index (χ1v) is 11.0. The molecule has 5 rings (SSSR count). The average Bonchev–Trinajstić information content (AvgIpc) is 3.42. The fourth-order valence-electron chi connectivity index (χ4n) is 4.61. The molecule has 32 heavy (non-hydrogen) atoms. The minimum absolute atomic E-state index is 0.0102. The Kier molecular flexibility index (Phi) is 5.70. The highest BCUT2D eigenvalue weighted by molar-refractivity contribution is 5.91. The number of amides is 2. The van der Waals surface area contributed by atoms with E-state index in [1.54, 1.807) is 17.0 Å². The molecule has 0 aliphatic carbocycles. The van der Waals surface area contributed by atoms with Gasteiger partial charge in [-0.05, 0) is 41.8 Å². The van der Waals surface area contributed by atoms with Crippen LogP contribution in [-0.2, 0) is 22.7 Å². The van der Waals surface area contributed by atoms with E-state index in [9.17, 15) is 14.0 Å². The van der Waals surface area contributed by atoms with Crippen LogP contribution in [0.4, 0.5) is 4.39 Å². The first-order chi connectivity index (χ1) is 15.6. The molecule has 3 heterocycles. The molecular weight excluding hydrogens is 413 g/mol. The van der Waals surface area contributed by atoms with Crippen LogP contribution in [0, 0.1) is 5.82 Å². The van der Waals surface area contributed by atoms with Crippen LogP contribution in [0.5, 0.6) is 11.5 Å². The highest BCUT2D eigenvalue weighted by Crippen LogP contribution is 2.33. The predicted molar refractivity (Wildman–Crippen MR) is 114 cm³/mol. The van der Waals surface area contributed by atoms with Gasteiger partial charge in [-0.25, -0.2) is 4.39 Å². The summed E-state index contributed by atoms with van der Waals surface area (Å²) in [7, 11) is 0. The summed E-state index contributed by atoms with van der Waals surface area (Å²) < 4.78 is 23.9. The van der Waals surface area contributed by atoms with E-state index >= 15 is 0 Å². The van der Waals surface area contributed by atoms with E-state index in [0.29, 0.717) is 44.0 Å². The molecule has 0 saturated carbocycles. The van der Waals surface area contributed by atoms with Crippen molar-refractivity contribution in [1.29, 1.82) is 0 Å². The molecule has 2 amide bonds. The Morgan fingerprint density at radius 2 is 1.66 bits per heavy atom. The van der Waals surface area contributed by atoms with Gasteiger partial charge in [0.05, 0.1) is 0 Å². The van der Waals surface area contributed by atoms with Gasteiger partial charge in [0, 0.05) is 45.7 Å². The van der Waals surface area contributed by atoms with Gasteiger partial charge in [0.1, 0.15) is 11.9 Å².